The standard InChI is InChI=1S/C17H30N2O4/c1-6-18-15(17(23)11(2)3)9-10-16(22)19-14(13(5)21)8-7-12(4)20/h11,14-15,18H,6-10H2,1-5H3,(H,19,22). The van der Waals surface area contributed by atoms with Gasteiger partial charge in [-0.15, -0.1) is 0 Å². The van der Waals surface area contributed by atoms with Gasteiger partial charge in [-0.3, -0.25) is 14.4 Å². The predicted molar refractivity (Wildman–Crippen MR) is 89.1 cm³/mol. The van der Waals surface area contributed by atoms with Crippen molar-refractivity contribution in [2.24, 2.45) is 5.92 Å². The summed E-state index contributed by atoms with van der Waals surface area (Å²) in [6, 6.07) is -0.983. The van der Waals surface area contributed by atoms with Crippen molar-refractivity contribution >= 4 is 23.3 Å². The van der Waals surface area contributed by atoms with Crippen LogP contribution in [0, 0.1) is 5.92 Å². The largest absolute Gasteiger partial charge is 0.346 e. The molecular formula is C17H30N2O4. The Morgan fingerprint density at radius 1 is 0.913 bits per heavy atom. The van der Waals surface area contributed by atoms with Crippen molar-refractivity contribution in [3.8, 4) is 0 Å². The highest BCUT2D eigenvalue weighted by Crippen LogP contribution is 2.07. The van der Waals surface area contributed by atoms with Crippen LogP contribution in [-0.4, -0.2) is 41.9 Å². The van der Waals surface area contributed by atoms with Crippen LogP contribution in [0.25, 0.3) is 0 Å². The second-order valence-electron chi connectivity index (χ2n) is 6.18. The van der Waals surface area contributed by atoms with E-state index in [0.29, 0.717) is 19.4 Å². The molecule has 0 heterocycles. The van der Waals surface area contributed by atoms with Crippen LogP contribution in [0.4, 0.5) is 0 Å². The highest BCUT2D eigenvalue weighted by atomic mass is 16.2. The molecule has 0 saturated carbocycles. The summed E-state index contributed by atoms with van der Waals surface area (Å²) in [5, 5.41) is 5.75. The molecule has 0 spiro atoms. The van der Waals surface area contributed by atoms with Gasteiger partial charge in [-0.1, -0.05) is 20.8 Å². The minimum Gasteiger partial charge on any atom is -0.346 e. The van der Waals surface area contributed by atoms with E-state index in [2.05, 4.69) is 10.6 Å². The van der Waals surface area contributed by atoms with E-state index in [4.69, 9.17) is 0 Å². The van der Waals surface area contributed by atoms with Crippen LogP contribution in [0.15, 0.2) is 0 Å². The lowest BCUT2D eigenvalue weighted by molar-refractivity contribution is -0.128. The zero-order chi connectivity index (χ0) is 18.0. The number of ketones is 3. The average molecular weight is 326 g/mol. The lowest BCUT2D eigenvalue weighted by Crippen LogP contribution is -2.43. The van der Waals surface area contributed by atoms with Gasteiger partial charge >= 0.3 is 0 Å². The number of hydrogen-bond donors (Lipinski definition) is 2. The van der Waals surface area contributed by atoms with E-state index in [1.165, 1.54) is 13.8 Å². The number of carbonyl (C=O) groups is 4. The zero-order valence-electron chi connectivity index (χ0n) is 14.9. The molecule has 0 radical (unpaired) electrons. The number of likely N-dealkylation sites (N-methyl/N-ethyl adjacent to an activating group) is 1. The molecule has 0 bridgehead atoms. The first kappa shape index (κ1) is 21.4. The molecule has 0 aliphatic heterocycles. The topological polar surface area (TPSA) is 92.3 Å². The minimum absolute atomic E-state index is 0.0137. The molecule has 6 heteroatoms. The number of rotatable bonds is 12. The molecule has 6 nitrogen and oxygen atoms in total. The first-order valence-corrected chi connectivity index (χ1v) is 8.25. The Hall–Kier alpha value is -1.56. The quantitative estimate of drug-likeness (QED) is 0.566. The lowest BCUT2D eigenvalue weighted by atomic mass is 9.97. The zero-order valence-corrected chi connectivity index (χ0v) is 14.9. The van der Waals surface area contributed by atoms with E-state index < -0.39 is 6.04 Å². The van der Waals surface area contributed by atoms with Crippen LogP contribution >= 0.6 is 0 Å². The van der Waals surface area contributed by atoms with Gasteiger partial charge in [0.2, 0.25) is 5.91 Å². The van der Waals surface area contributed by atoms with Gasteiger partial charge in [-0.05, 0) is 33.2 Å². The van der Waals surface area contributed by atoms with Crippen LogP contribution in [0.1, 0.15) is 60.3 Å². The molecule has 2 atom stereocenters. The smallest absolute Gasteiger partial charge is 0.220 e. The van der Waals surface area contributed by atoms with E-state index in [9.17, 15) is 19.2 Å². The Bertz CT molecular complexity index is 432. The van der Waals surface area contributed by atoms with Crippen molar-refractivity contribution in [1.29, 1.82) is 0 Å². The lowest BCUT2D eigenvalue weighted by Gasteiger charge is -2.20. The van der Waals surface area contributed by atoms with Gasteiger partial charge in [-0.25, -0.2) is 0 Å². The summed E-state index contributed by atoms with van der Waals surface area (Å²) in [5.41, 5.74) is 0. The highest BCUT2D eigenvalue weighted by molar-refractivity contribution is 5.89. The van der Waals surface area contributed by atoms with E-state index in [1.54, 1.807) is 0 Å². The predicted octanol–water partition coefficient (Wildman–Crippen LogP) is 1.41. The van der Waals surface area contributed by atoms with Crippen molar-refractivity contribution < 1.29 is 19.2 Å². The number of hydrogen-bond acceptors (Lipinski definition) is 5. The van der Waals surface area contributed by atoms with Gasteiger partial charge < -0.3 is 15.4 Å². The fraction of sp³-hybridized carbons (Fsp3) is 0.765. The van der Waals surface area contributed by atoms with Crippen molar-refractivity contribution in [3.05, 3.63) is 0 Å². The summed E-state index contributed by atoms with van der Waals surface area (Å²) in [6.07, 6.45) is 1.14. The third-order valence-corrected chi connectivity index (χ3v) is 3.63. The van der Waals surface area contributed by atoms with Gasteiger partial charge in [0.15, 0.2) is 11.6 Å². The Morgan fingerprint density at radius 3 is 1.91 bits per heavy atom. The second-order valence-corrected chi connectivity index (χ2v) is 6.18. The molecule has 23 heavy (non-hydrogen) atoms. The summed E-state index contributed by atoms with van der Waals surface area (Å²) in [4.78, 5) is 46.6. The molecule has 132 valence electrons. The number of nitrogens with one attached hydrogen (secondary N) is 2. The Balaban J connectivity index is 4.50. The normalized spacial score (nSPS) is 13.5. The summed E-state index contributed by atoms with van der Waals surface area (Å²) in [6.45, 7) is 9.08. The summed E-state index contributed by atoms with van der Waals surface area (Å²) < 4.78 is 0. The molecule has 0 aliphatic carbocycles. The van der Waals surface area contributed by atoms with Gasteiger partial charge in [-0.2, -0.15) is 0 Å². The van der Waals surface area contributed by atoms with Crippen molar-refractivity contribution in [1.82, 2.24) is 10.6 Å². The maximum absolute atomic E-state index is 12.1. The SMILES string of the molecule is CCNC(CCC(=O)NC(CCC(C)=O)C(C)=O)C(=O)C(C)C. The summed E-state index contributed by atoms with van der Waals surface area (Å²) in [7, 11) is 0. The van der Waals surface area contributed by atoms with Crippen LogP contribution < -0.4 is 10.6 Å². The molecular weight excluding hydrogens is 296 g/mol. The first-order valence-electron chi connectivity index (χ1n) is 8.25. The molecule has 0 rings (SSSR count). The number of carbonyl (C=O) groups excluding carboxylic acids is 4. The third-order valence-electron chi connectivity index (χ3n) is 3.63. The third kappa shape index (κ3) is 9.23. The Labute approximate surface area is 138 Å². The molecule has 0 aliphatic rings. The Kier molecular flexibility index (Phi) is 10.3. The molecule has 2 N–H and O–H groups in total. The molecule has 1 amide bonds. The second kappa shape index (κ2) is 11.0. The van der Waals surface area contributed by atoms with Crippen LogP contribution in [0.2, 0.25) is 0 Å². The minimum atomic E-state index is -0.634. The van der Waals surface area contributed by atoms with E-state index in [-0.39, 0.29) is 48.1 Å². The van der Waals surface area contributed by atoms with Crippen molar-refractivity contribution in [2.45, 2.75) is 72.4 Å². The van der Waals surface area contributed by atoms with Gasteiger partial charge in [0.1, 0.15) is 5.78 Å². The Morgan fingerprint density at radius 2 is 1.48 bits per heavy atom. The first-order chi connectivity index (χ1) is 10.7. The van der Waals surface area contributed by atoms with Crippen molar-refractivity contribution in [3.63, 3.8) is 0 Å². The van der Waals surface area contributed by atoms with E-state index >= 15 is 0 Å². The van der Waals surface area contributed by atoms with Gasteiger partial charge in [0.05, 0.1) is 12.1 Å². The number of amides is 1. The van der Waals surface area contributed by atoms with Crippen molar-refractivity contribution in [2.75, 3.05) is 6.54 Å². The van der Waals surface area contributed by atoms with Gasteiger partial charge in [0.25, 0.3) is 0 Å². The fourth-order valence-electron chi connectivity index (χ4n) is 2.26. The molecule has 0 fully saturated rings. The molecule has 0 aromatic carbocycles. The van der Waals surface area contributed by atoms with Crippen LogP contribution in [0.5, 0.6) is 0 Å². The van der Waals surface area contributed by atoms with E-state index in [0.717, 1.165) is 0 Å². The monoisotopic (exact) mass is 326 g/mol. The van der Waals surface area contributed by atoms with E-state index in [1.807, 2.05) is 20.8 Å². The molecule has 2 unspecified atom stereocenters. The number of Topliss-reactive ketones (excluding diaryl/α,β-unsaturated/α-hetero) is 3. The molecule has 0 aromatic heterocycles. The summed E-state index contributed by atoms with van der Waals surface area (Å²) in [5.74, 6) is -0.462. The van der Waals surface area contributed by atoms with Crippen LogP contribution in [0.3, 0.4) is 0 Å². The van der Waals surface area contributed by atoms with Gasteiger partial charge in [0, 0.05) is 18.8 Å². The summed E-state index contributed by atoms with van der Waals surface area (Å²) >= 11 is 0. The fourth-order valence-corrected chi connectivity index (χ4v) is 2.26. The maximum atomic E-state index is 12.1. The molecule has 0 aromatic rings. The highest BCUT2D eigenvalue weighted by Gasteiger charge is 2.22. The van der Waals surface area contributed by atoms with Crippen LogP contribution in [-0.2, 0) is 19.2 Å². The average Bonchev–Trinajstić information content (AvgIpc) is 2.46. The maximum Gasteiger partial charge on any atom is 0.220 e. The molecule has 0 saturated heterocycles.